The van der Waals surface area contributed by atoms with E-state index in [1.54, 1.807) is 0 Å². The van der Waals surface area contributed by atoms with Gasteiger partial charge in [0.25, 0.3) is 0 Å². The fraction of sp³-hybridized carbons (Fsp3) is 0.350. The van der Waals surface area contributed by atoms with Crippen molar-refractivity contribution >= 4 is 16.9 Å². The van der Waals surface area contributed by atoms with E-state index in [1.165, 1.54) is 0 Å². The Morgan fingerprint density at radius 2 is 2.00 bits per heavy atom. The van der Waals surface area contributed by atoms with Crippen molar-refractivity contribution in [3.8, 4) is 5.75 Å². The molecule has 1 aromatic carbocycles. The molecule has 4 nitrogen and oxygen atoms in total. The van der Waals surface area contributed by atoms with Crippen molar-refractivity contribution in [1.82, 2.24) is 9.88 Å². The quantitative estimate of drug-likeness (QED) is 0.431. The number of hydrogen-bond donors (Lipinski definition) is 1. The maximum absolute atomic E-state index is 12.0. The van der Waals surface area contributed by atoms with Crippen molar-refractivity contribution < 1.29 is 9.53 Å². The topological polar surface area (TPSA) is 45.3 Å². The lowest BCUT2D eigenvalue weighted by Gasteiger charge is -2.18. The Hall–Kier alpha value is -2.33. The molecule has 0 aliphatic carbocycles. The minimum atomic E-state index is -0.213. The van der Waals surface area contributed by atoms with E-state index in [0.717, 1.165) is 42.5 Å². The number of nitrogens with zero attached hydrogens (tertiary/aromatic N) is 1. The minimum absolute atomic E-state index is 0.154. The molecule has 1 aromatic heterocycles. The van der Waals surface area contributed by atoms with E-state index in [9.17, 15) is 4.79 Å². The summed E-state index contributed by atoms with van der Waals surface area (Å²) in [5.41, 5.74) is 2.13. The summed E-state index contributed by atoms with van der Waals surface area (Å²) in [6.45, 7) is 13.8. The maximum Gasteiger partial charge on any atom is 0.313 e. The lowest BCUT2D eigenvalue weighted by Crippen LogP contribution is -2.26. The molecular weight excluding hydrogens is 300 g/mol. The van der Waals surface area contributed by atoms with Crippen molar-refractivity contribution in [2.45, 2.75) is 20.3 Å². The van der Waals surface area contributed by atoms with Crippen LogP contribution in [-0.2, 0) is 11.2 Å². The second-order valence-electron chi connectivity index (χ2n) is 6.16. The minimum Gasteiger partial charge on any atom is -0.426 e. The van der Waals surface area contributed by atoms with Gasteiger partial charge in [-0.3, -0.25) is 9.69 Å². The zero-order valence-corrected chi connectivity index (χ0v) is 14.5. The summed E-state index contributed by atoms with van der Waals surface area (Å²) in [6.07, 6.45) is 6.65. The van der Waals surface area contributed by atoms with Crippen LogP contribution in [0.2, 0.25) is 0 Å². The number of fused-ring (bicyclic) bond motifs is 1. The number of aromatic amines is 1. The molecule has 0 atom stereocenters. The number of rotatable bonds is 9. The predicted octanol–water partition coefficient (Wildman–Crippen LogP) is 3.95. The lowest BCUT2D eigenvalue weighted by molar-refractivity contribution is -0.137. The Morgan fingerprint density at radius 1 is 1.29 bits per heavy atom. The van der Waals surface area contributed by atoms with Gasteiger partial charge in [0.05, 0.1) is 5.92 Å². The summed E-state index contributed by atoms with van der Waals surface area (Å²) in [6, 6.07) is 5.75. The van der Waals surface area contributed by atoms with Gasteiger partial charge in [0.15, 0.2) is 0 Å². The van der Waals surface area contributed by atoms with Gasteiger partial charge in [0.2, 0.25) is 0 Å². The summed E-state index contributed by atoms with van der Waals surface area (Å²) in [5, 5.41) is 0.989. The molecule has 2 aromatic rings. The van der Waals surface area contributed by atoms with Crippen LogP contribution in [0.25, 0.3) is 10.9 Å². The van der Waals surface area contributed by atoms with Gasteiger partial charge in [-0.15, -0.1) is 13.2 Å². The number of aromatic nitrogens is 1. The third-order valence-electron chi connectivity index (χ3n) is 3.90. The fourth-order valence-electron chi connectivity index (χ4n) is 2.63. The fourth-order valence-corrected chi connectivity index (χ4v) is 2.63. The van der Waals surface area contributed by atoms with E-state index in [4.69, 9.17) is 4.74 Å². The van der Waals surface area contributed by atoms with E-state index >= 15 is 0 Å². The molecule has 0 unspecified atom stereocenters. The van der Waals surface area contributed by atoms with Crippen LogP contribution in [0.5, 0.6) is 5.75 Å². The first-order chi connectivity index (χ1) is 11.6. The third kappa shape index (κ3) is 4.36. The van der Waals surface area contributed by atoms with Crippen molar-refractivity contribution in [2.75, 3.05) is 19.6 Å². The standard InChI is InChI=1S/C20H26N2O2/c1-5-11-22(12-6-2)13-10-16-14-21-17-8-7-9-18(19(16)17)24-20(23)15(3)4/h5-9,14-15,21H,1-2,10-13H2,3-4H3. The molecule has 0 bridgehead atoms. The zero-order valence-electron chi connectivity index (χ0n) is 14.5. The Labute approximate surface area is 143 Å². The average Bonchev–Trinajstić information content (AvgIpc) is 2.97. The Balaban J connectivity index is 2.22. The second kappa shape index (κ2) is 8.50. The summed E-state index contributed by atoms with van der Waals surface area (Å²) in [5.74, 6) is 0.259. The summed E-state index contributed by atoms with van der Waals surface area (Å²) < 4.78 is 5.59. The number of benzene rings is 1. The van der Waals surface area contributed by atoms with E-state index in [0.29, 0.717) is 5.75 Å². The molecule has 1 heterocycles. The number of carbonyl (C=O) groups excluding carboxylic acids is 1. The van der Waals surface area contributed by atoms with Gasteiger partial charge < -0.3 is 9.72 Å². The van der Waals surface area contributed by atoms with Crippen molar-refractivity contribution in [1.29, 1.82) is 0 Å². The molecule has 0 amide bonds. The van der Waals surface area contributed by atoms with Crippen LogP contribution in [0.3, 0.4) is 0 Å². The summed E-state index contributed by atoms with van der Waals surface area (Å²) in [4.78, 5) is 17.5. The van der Waals surface area contributed by atoms with Crippen LogP contribution in [0, 0.1) is 5.92 Å². The normalized spacial score (nSPS) is 11.2. The number of nitrogens with one attached hydrogen (secondary N) is 1. The highest BCUT2D eigenvalue weighted by atomic mass is 16.5. The average molecular weight is 326 g/mol. The molecule has 128 valence electrons. The van der Waals surface area contributed by atoms with Crippen molar-refractivity contribution in [2.24, 2.45) is 5.92 Å². The molecular formula is C20H26N2O2. The molecule has 1 N–H and O–H groups in total. The Morgan fingerprint density at radius 3 is 2.62 bits per heavy atom. The molecule has 0 spiro atoms. The van der Waals surface area contributed by atoms with Gasteiger partial charge in [-0.1, -0.05) is 32.1 Å². The van der Waals surface area contributed by atoms with Gasteiger partial charge in [-0.2, -0.15) is 0 Å². The van der Waals surface area contributed by atoms with E-state index in [2.05, 4.69) is 23.0 Å². The van der Waals surface area contributed by atoms with Crippen molar-refractivity contribution in [3.05, 3.63) is 55.3 Å². The highest BCUT2D eigenvalue weighted by Crippen LogP contribution is 2.29. The monoisotopic (exact) mass is 326 g/mol. The number of hydrogen-bond acceptors (Lipinski definition) is 3. The van der Waals surface area contributed by atoms with Crippen molar-refractivity contribution in [3.63, 3.8) is 0 Å². The predicted molar refractivity (Wildman–Crippen MR) is 99.3 cm³/mol. The SMILES string of the molecule is C=CCN(CC=C)CCc1c[nH]c2cccc(OC(=O)C(C)C)c12. The largest absolute Gasteiger partial charge is 0.426 e. The number of esters is 1. The maximum atomic E-state index is 12.0. The number of carbonyl (C=O) groups is 1. The van der Waals surface area contributed by atoms with Gasteiger partial charge in [0.1, 0.15) is 5.75 Å². The second-order valence-corrected chi connectivity index (χ2v) is 6.16. The van der Waals surface area contributed by atoms with Crippen LogP contribution in [0.1, 0.15) is 19.4 Å². The van der Waals surface area contributed by atoms with Gasteiger partial charge in [-0.25, -0.2) is 0 Å². The van der Waals surface area contributed by atoms with Crippen LogP contribution >= 0.6 is 0 Å². The summed E-state index contributed by atoms with van der Waals surface area (Å²) in [7, 11) is 0. The Bertz CT molecular complexity index is 705. The third-order valence-corrected chi connectivity index (χ3v) is 3.90. The molecule has 0 saturated carbocycles. The highest BCUT2D eigenvalue weighted by molar-refractivity contribution is 5.91. The van der Waals surface area contributed by atoms with Crippen LogP contribution in [-0.4, -0.2) is 35.5 Å². The van der Waals surface area contributed by atoms with Gasteiger partial charge in [-0.05, 0) is 24.1 Å². The van der Waals surface area contributed by atoms with Crippen LogP contribution in [0.15, 0.2) is 49.7 Å². The lowest BCUT2D eigenvalue weighted by atomic mass is 10.1. The van der Waals surface area contributed by atoms with Crippen LogP contribution < -0.4 is 4.74 Å². The summed E-state index contributed by atoms with van der Waals surface area (Å²) >= 11 is 0. The molecule has 2 rings (SSSR count). The number of ether oxygens (including phenoxy) is 1. The van der Waals surface area contributed by atoms with Gasteiger partial charge in [0, 0.05) is 36.7 Å². The number of H-pyrrole nitrogens is 1. The van der Waals surface area contributed by atoms with Gasteiger partial charge >= 0.3 is 5.97 Å². The first kappa shape index (κ1) is 18.0. The Kier molecular flexibility index (Phi) is 6.38. The van der Waals surface area contributed by atoms with E-state index < -0.39 is 0 Å². The van der Waals surface area contributed by atoms with Crippen LogP contribution in [0.4, 0.5) is 0 Å². The molecule has 0 fully saturated rings. The first-order valence-electron chi connectivity index (χ1n) is 8.31. The first-order valence-corrected chi connectivity index (χ1v) is 8.31. The molecule has 0 aliphatic rings. The van der Waals surface area contributed by atoms with E-state index in [-0.39, 0.29) is 11.9 Å². The molecule has 0 radical (unpaired) electrons. The molecule has 4 heteroatoms. The zero-order chi connectivity index (χ0) is 17.5. The van der Waals surface area contributed by atoms with E-state index in [1.807, 2.05) is 50.4 Å². The highest BCUT2D eigenvalue weighted by Gasteiger charge is 2.15. The molecule has 0 saturated heterocycles. The smallest absolute Gasteiger partial charge is 0.313 e. The molecule has 0 aliphatic heterocycles. The molecule has 24 heavy (non-hydrogen) atoms.